The topological polar surface area (TPSA) is 91.6 Å². The first-order chi connectivity index (χ1) is 15.4. The maximum Gasteiger partial charge on any atom is 0.278 e. The number of carbonyl (C=O) groups excluding carboxylic acids is 1. The van der Waals surface area contributed by atoms with E-state index in [4.69, 9.17) is 0 Å². The number of benzene rings is 2. The lowest BCUT2D eigenvalue weighted by molar-refractivity contribution is -0.383. The molecule has 10 heteroatoms. The Labute approximate surface area is 182 Å². The molecule has 8 nitrogen and oxygen atoms in total. The number of nitro groups is 1. The fourth-order valence-electron chi connectivity index (χ4n) is 3.96. The SMILES string of the molecule is C[C@H](C(=O)Nc1c(F)cccc1F)N1CCN(c2ccc([N+](=O)[O-])c3cnccc23)CC1. The predicted molar refractivity (Wildman–Crippen MR) is 117 cm³/mol. The van der Waals surface area contributed by atoms with Crippen LogP contribution >= 0.6 is 0 Å². The Morgan fingerprint density at radius 3 is 2.44 bits per heavy atom. The van der Waals surface area contributed by atoms with Crippen LogP contribution < -0.4 is 10.2 Å². The zero-order valence-electron chi connectivity index (χ0n) is 17.3. The van der Waals surface area contributed by atoms with Gasteiger partial charge in [0.1, 0.15) is 17.3 Å². The van der Waals surface area contributed by atoms with Crippen LogP contribution in [0.15, 0.2) is 48.8 Å². The normalized spacial score (nSPS) is 15.5. The number of halogens is 2. The number of rotatable bonds is 5. The van der Waals surface area contributed by atoms with Crippen LogP contribution in [-0.2, 0) is 4.79 Å². The number of hydrogen-bond acceptors (Lipinski definition) is 6. The molecular weight excluding hydrogens is 420 g/mol. The van der Waals surface area contributed by atoms with Crippen LogP contribution in [0.4, 0.5) is 25.8 Å². The Balaban J connectivity index is 1.46. The molecule has 1 aliphatic heterocycles. The summed E-state index contributed by atoms with van der Waals surface area (Å²) in [4.78, 5) is 31.5. The molecule has 32 heavy (non-hydrogen) atoms. The Morgan fingerprint density at radius 1 is 1.09 bits per heavy atom. The molecule has 1 aliphatic rings. The highest BCUT2D eigenvalue weighted by Gasteiger charge is 2.28. The van der Waals surface area contributed by atoms with Gasteiger partial charge in [-0.2, -0.15) is 0 Å². The summed E-state index contributed by atoms with van der Waals surface area (Å²) in [5.74, 6) is -2.14. The average Bonchev–Trinajstić information content (AvgIpc) is 2.80. The number of hydrogen-bond donors (Lipinski definition) is 1. The van der Waals surface area contributed by atoms with E-state index < -0.39 is 34.2 Å². The molecule has 2 heterocycles. The van der Waals surface area contributed by atoms with Gasteiger partial charge < -0.3 is 10.2 Å². The molecule has 1 fully saturated rings. The lowest BCUT2D eigenvalue weighted by Gasteiger charge is -2.38. The molecule has 0 radical (unpaired) electrons. The molecule has 1 amide bonds. The summed E-state index contributed by atoms with van der Waals surface area (Å²) in [5.41, 5.74) is 0.410. The van der Waals surface area contributed by atoms with Crippen LogP contribution in [0.3, 0.4) is 0 Å². The van der Waals surface area contributed by atoms with Crippen molar-refractivity contribution < 1.29 is 18.5 Å². The Hall–Kier alpha value is -3.66. The predicted octanol–water partition coefficient (Wildman–Crippen LogP) is 3.57. The van der Waals surface area contributed by atoms with E-state index in [0.717, 1.165) is 23.2 Å². The van der Waals surface area contributed by atoms with Gasteiger partial charge in [-0.05, 0) is 31.2 Å². The number of pyridine rings is 1. The average molecular weight is 441 g/mol. The van der Waals surface area contributed by atoms with Crippen molar-refractivity contribution in [3.8, 4) is 0 Å². The molecule has 2 aromatic carbocycles. The quantitative estimate of drug-likeness (QED) is 0.481. The Morgan fingerprint density at radius 2 is 1.78 bits per heavy atom. The molecule has 1 aromatic heterocycles. The van der Waals surface area contributed by atoms with Gasteiger partial charge in [-0.25, -0.2) is 8.78 Å². The highest BCUT2D eigenvalue weighted by molar-refractivity contribution is 5.99. The highest BCUT2D eigenvalue weighted by atomic mass is 19.1. The Bertz CT molecular complexity index is 1160. The first-order valence-corrected chi connectivity index (χ1v) is 10.1. The van der Waals surface area contributed by atoms with Crippen molar-refractivity contribution in [3.05, 3.63) is 70.5 Å². The number of piperazine rings is 1. The minimum atomic E-state index is -0.824. The maximum atomic E-state index is 13.8. The zero-order valence-corrected chi connectivity index (χ0v) is 17.3. The van der Waals surface area contributed by atoms with Crippen molar-refractivity contribution >= 4 is 33.7 Å². The summed E-state index contributed by atoms with van der Waals surface area (Å²) in [5, 5.41) is 14.9. The highest BCUT2D eigenvalue weighted by Crippen LogP contribution is 2.33. The standard InChI is InChI=1S/C22H21F2N5O3/c1-14(22(30)26-21-17(23)3-2-4-18(21)24)27-9-11-28(12-10-27)19-5-6-20(29(31)32)16-13-25-8-7-15(16)19/h2-8,13-14H,9-12H2,1H3,(H,26,30)/t14-/m1/s1. The summed E-state index contributed by atoms with van der Waals surface area (Å²) in [6, 6.07) is 7.79. The number of nitrogens with zero attached hydrogens (tertiary/aromatic N) is 4. The van der Waals surface area contributed by atoms with Crippen LogP contribution in [0.25, 0.3) is 10.8 Å². The summed E-state index contributed by atoms with van der Waals surface area (Å²) < 4.78 is 27.7. The van der Waals surface area contributed by atoms with Crippen LogP contribution in [0.5, 0.6) is 0 Å². The largest absolute Gasteiger partial charge is 0.368 e. The van der Waals surface area contributed by atoms with Gasteiger partial charge in [0.25, 0.3) is 5.69 Å². The zero-order chi connectivity index (χ0) is 22.8. The van der Waals surface area contributed by atoms with E-state index >= 15 is 0 Å². The van der Waals surface area contributed by atoms with Crippen molar-refractivity contribution in [2.75, 3.05) is 36.4 Å². The number of nitro benzene ring substituents is 1. The van der Waals surface area contributed by atoms with Crippen molar-refractivity contribution in [3.63, 3.8) is 0 Å². The van der Waals surface area contributed by atoms with Crippen LogP contribution in [0, 0.1) is 21.7 Å². The molecule has 1 N–H and O–H groups in total. The van der Waals surface area contributed by atoms with Crippen molar-refractivity contribution in [2.24, 2.45) is 0 Å². The molecule has 0 aliphatic carbocycles. The van der Waals surface area contributed by atoms with Crippen LogP contribution in [0.1, 0.15) is 6.92 Å². The third-order valence-corrected chi connectivity index (χ3v) is 5.76. The smallest absolute Gasteiger partial charge is 0.278 e. The number of nitrogens with one attached hydrogen (secondary N) is 1. The molecule has 0 unspecified atom stereocenters. The Kier molecular flexibility index (Phi) is 5.95. The van der Waals surface area contributed by atoms with E-state index in [1.54, 1.807) is 25.3 Å². The first-order valence-electron chi connectivity index (χ1n) is 10.1. The summed E-state index contributed by atoms with van der Waals surface area (Å²) in [7, 11) is 0. The van der Waals surface area contributed by atoms with Crippen molar-refractivity contribution in [1.29, 1.82) is 0 Å². The third kappa shape index (κ3) is 4.09. The monoisotopic (exact) mass is 441 g/mol. The fraction of sp³-hybridized carbons (Fsp3) is 0.273. The number of fused-ring (bicyclic) bond motifs is 1. The molecule has 1 atom stereocenters. The van der Waals surface area contributed by atoms with Gasteiger partial charge in [-0.1, -0.05) is 6.07 Å². The van der Waals surface area contributed by atoms with E-state index in [1.807, 2.05) is 4.90 Å². The van der Waals surface area contributed by atoms with Gasteiger partial charge in [0.05, 0.1) is 16.4 Å². The second kappa shape index (κ2) is 8.83. The molecule has 4 rings (SSSR count). The maximum absolute atomic E-state index is 13.8. The summed E-state index contributed by atoms with van der Waals surface area (Å²) >= 11 is 0. The van der Waals surface area contributed by atoms with Gasteiger partial charge >= 0.3 is 0 Å². The van der Waals surface area contributed by atoms with E-state index in [0.29, 0.717) is 31.6 Å². The molecule has 166 valence electrons. The van der Waals surface area contributed by atoms with Gasteiger partial charge in [-0.3, -0.25) is 24.8 Å². The van der Waals surface area contributed by atoms with Gasteiger partial charge in [-0.15, -0.1) is 0 Å². The lowest BCUT2D eigenvalue weighted by atomic mass is 10.1. The summed E-state index contributed by atoms with van der Waals surface area (Å²) in [6.07, 6.45) is 3.08. The fourth-order valence-corrected chi connectivity index (χ4v) is 3.96. The lowest BCUT2D eigenvalue weighted by Crippen LogP contribution is -2.53. The number of para-hydroxylation sites is 1. The minimum Gasteiger partial charge on any atom is -0.368 e. The van der Waals surface area contributed by atoms with E-state index in [9.17, 15) is 23.7 Å². The number of amides is 1. The van der Waals surface area contributed by atoms with Crippen LogP contribution in [0.2, 0.25) is 0 Å². The molecular formula is C22H21F2N5O3. The first kappa shape index (κ1) is 21.6. The molecule has 0 spiro atoms. The molecule has 3 aromatic rings. The third-order valence-electron chi connectivity index (χ3n) is 5.76. The number of carbonyl (C=O) groups is 1. The van der Waals surface area contributed by atoms with Gasteiger partial charge in [0.15, 0.2) is 0 Å². The minimum absolute atomic E-state index is 0.00107. The number of aromatic nitrogens is 1. The number of non-ortho nitro benzene ring substituents is 1. The summed E-state index contributed by atoms with van der Waals surface area (Å²) in [6.45, 7) is 3.94. The molecule has 0 saturated carbocycles. The van der Waals surface area contributed by atoms with E-state index in [-0.39, 0.29) is 5.69 Å². The van der Waals surface area contributed by atoms with Gasteiger partial charge in [0, 0.05) is 55.7 Å². The second-order valence-electron chi connectivity index (χ2n) is 7.57. The van der Waals surface area contributed by atoms with Crippen molar-refractivity contribution in [2.45, 2.75) is 13.0 Å². The van der Waals surface area contributed by atoms with Crippen LogP contribution in [-0.4, -0.2) is 52.9 Å². The second-order valence-corrected chi connectivity index (χ2v) is 7.57. The van der Waals surface area contributed by atoms with E-state index in [1.165, 1.54) is 18.3 Å². The van der Waals surface area contributed by atoms with Gasteiger partial charge in [0.2, 0.25) is 5.91 Å². The molecule has 0 bridgehead atoms. The van der Waals surface area contributed by atoms with E-state index in [2.05, 4.69) is 15.2 Å². The number of anilines is 2. The molecule has 1 saturated heterocycles. The van der Waals surface area contributed by atoms with Crippen molar-refractivity contribution in [1.82, 2.24) is 9.88 Å².